The Morgan fingerprint density at radius 2 is 1.96 bits per heavy atom. The minimum atomic E-state index is -0.305. The normalized spacial score (nSPS) is 24.9. The number of likely N-dealkylation sites (tertiary alicyclic amines) is 1. The summed E-state index contributed by atoms with van der Waals surface area (Å²) in [5, 5.41) is 0. The molecule has 25 heavy (non-hydrogen) atoms. The van der Waals surface area contributed by atoms with E-state index in [2.05, 4.69) is 17.0 Å². The Bertz CT molecular complexity index is 593. The number of amides is 2. The van der Waals surface area contributed by atoms with E-state index in [4.69, 9.17) is 10.5 Å². The first-order valence-electron chi connectivity index (χ1n) is 9.07. The molecule has 6 nitrogen and oxygen atoms in total. The fraction of sp³-hybridized carbons (Fsp3) is 0.579. The number of morpholine rings is 1. The molecule has 0 radical (unpaired) electrons. The molecule has 0 saturated carbocycles. The quantitative estimate of drug-likeness (QED) is 0.864. The van der Waals surface area contributed by atoms with Crippen LogP contribution in [0, 0.1) is 5.92 Å². The maximum absolute atomic E-state index is 12.6. The third kappa shape index (κ3) is 5.03. The molecule has 1 aromatic rings. The Morgan fingerprint density at radius 1 is 1.16 bits per heavy atom. The summed E-state index contributed by atoms with van der Waals surface area (Å²) in [6.45, 7) is 4.33. The van der Waals surface area contributed by atoms with Crippen molar-refractivity contribution in [1.82, 2.24) is 9.80 Å². The molecule has 2 atom stereocenters. The lowest BCUT2D eigenvalue weighted by molar-refractivity contribution is -0.139. The van der Waals surface area contributed by atoms with Gasteiger partial charge in [-0.05, 0) is 18.4 Å². The molecule has 3 rings (SSSR count). The Morgan fingerprint density at radius 3 is 2.72 bits per heavy atom. The van der Waals surface area contributed by atoms with Crippen LogP contribution in [0.25, 0.3) is 0 Å². The summed E-state index contributed by atoms with van der Waals surface area (Å²) in [6.07, 6.45) is 1.91. The molecular formula is C19H27N3O3. The Balaban J connectivity index is 1.50. The summed E-state index contributed by atoms with van der Waals surface area (Å²) in [4.78, 5) is 28.1. The lowest BCUT2D eigenvalue weighted by Crippen LogP contribution is -2.47. The Kier molecular flexibility index (Phi) is 6.04. The van der Waals surface area contributed by atoms with Crippen LogP contribution in [0.3, 0.4) is 0 Å². The fourth-order valence-corrected chi connectivity index (χ4v) is 3.65. The van der Waals surface area contributed by atoms with Crippen LogP contribution in [0.1, 0.15) is 24.8 Å². The van der Waals surface area contributed by atoms with Crippen LogP contribution in [0.2, 0.25) is 0 Å². The Hall–Kier alpha value is -1.92. The molecule has 2 fully saturated rings. The van der Waals surface area contributed by atoms with Gasteiger partial charge in [-0.3, -0.25) is 14.5 Å². The smallest absolute Gasteiger partial charge is 0.225 e. The second-order valence-corrected chi connectivity index (χ2v) is 7.00. The van der Waals surface area contributed by atoms with Crippen LogP contribution in [0.4, 0.5) is 0 Å². The van der Waals surface area contributed by atoms with Crippen molar-refractivity contribution in [2.24, 2.45) is 11.7 Å². The van der Waals surface area contributed by atoms with E-state index in [9.17, 15) is 9.59 Å². The van der Waals surface area contributed by atoms with Crippen LogP contribution in [-0.4, -0.2) is 60.5 Å². The number of nitrogens with two attached hydrogens (primary N) is 1. The van der Waals surface area contributed by atoms with Gasteiger partial charge in [-0.15, -0.1) is 0 Å². The van der Waals surface area contributed by atoms with Gasteiger partial charge in [0.1, 0.15) is 0 Å². The van der Waals surface area contributed by atoms with Gasteiger partial charge in [-0.1, -0.05) is 30.3 Å². The predicted octanol–water partition coefficient (Wildman–Crippen LogP) is 1.00. The molecule has 1 aromatic carbocycles. The number of carbonyl (C=O) groups excluding carboxylic acids is 2. The maximum Gasteiger partial charge on any atom is 0.225 e. The molecule has 2 aliphatic rings. The molecule has 2 heterocycles. The van der Waals surface area contributed by atoms with Gasteiger partial charge in [0.05, 0.1) is 25.0 Å². The highest BCUT2D eigenvalue weighted by Crippen LogP contribution is 2.19. The van der Waals surface area contributed by atoms with Crippen LogP contribution in [0.15, 0.2) is 30.3 Å². The highest BCUT2D eigenvalue weighted by atomic mass is 16.5. The number of piperidine rings is 1. The van der Waals surface area contributed by atoms with Gasteiger partial charge in [0.2, 0.25) is 11.8 Å². The largest absolute Gasteiger partial charge is 0.375 e. The SMILES string of the molecule is NC(=O)C1CCCN(C(=O)CC2CN(Cc3ccccc3)CCO2)C1. The number of hydrogen-bond donors (Lipinski definition) is 1. The van der Waals surface area contributed by atoms with Gasteiger partial charge < -0.3 is 15.4 Å². The van der Waals surface area contributed by atoms with E-state index in [0.717, 1.165) is 32.5 Å². The summed E-state index contributed by atoms with van der Waals surface area (Å²) in [7, 11) is 0. The zero-order valence-electron chi connectivity index (χ0n) is 14.6. The average molecular weight is 345 g/mol. The fourth-order valence-electron chi connectivity index (χ4n) is 3.65. The number of benzene rings is 1. The maximum atomic E-state index is 12.6. The molecule has 136 valence electrons. The van der Waals surface area contributed by atoms with Crippen molar-refractivity contribution in [3.8, 4) is 0 Å². The van der Waals surface area contributed by atoms with E-state index in [0.29, 0.717) is 26.1 Å². The van der Waals surface area contributed by atoms with Crippen LogP contribution in [0.5, 0.6) is 0 Å². The molecule has 0 bridgehead atoms. The van der Waals surface area contributed by atoms with Gasteiger partial charge in [0, 0.05) is 32.7 Å². The van der Waals surface area contributed by atoms with E-state index in [1.807, 2.05) is 18.2 Å². The number of ether oxygens (including phenoxy) is 1. The molecule has 6 heteroatoms. The van der Waals surface area contributed by atoms with Gasteiger partial charge in [0.15, 0.2) is 0 Å². The van der Waals surface area contributed by atoms with E-state index < -0.39 is 0 Å². The van der Waals surface area contributed by atoms with E-state index in [-0.39, 0.29) is 23.8 Å². The summed E-state index contributed by atoms with van der Waals surface area (Å²) in [5.74, 6) is -0.447. The number of carbonyl (C=O) groups is 2. The monoisotopic (exact) mass is 345 g/mol. The first-order valence-corrected chi connectivity index (χ1v) is 9.07. The molecule has 2 N–H and O–H groups in total. The standard InChI is InChI=1S/C19H27N3O3/c20-19(24)16-7-4-8-22(13-16)18(23)11-17-14-21(9-10-25-17)12-15-5-2-1-3-6-15/h1-3,5-6,16-17H,4,7-14H2,(H2,20,24). The number of nitrogens with zero attached hydrogens (tertiary/aromatic N) is 2. The molecule has 0 aromatic heterocycles. The summed E-state index contributed by atoms with van der Waals surface area (Å²) in [5.41, 5.74) is 6.67. The van der Waals surface area contributed by atoms with Crippen molar-refractivity contribution in [2.45, 2.75) is 31.9 Å². The molecule has 0 aliphatic carbocycles. The molecule has 0 spiro atoms. The minimum absolute atomic E-state index is 0.0671. The van der Waals surface area contributed by atoms with Gasteiger partial charge in [-0.2, -0.15) is 0 Å². The van der Waals surface area contributed by atoms with Crippen molar-refractivity contribution in [3.63, 3.8) is 0 Å². The molecule has 2 unspecified atom stereocenters. The minimum Gasteiger partial charge on any atom is -0.375 e. The van der Waals surface area contributed by atoms with Crippen LogP contribution in [-0.2, 0) is 20.9 Å². The highest BCUT2D eigenvalue weighted by Gasteiger charge is 2.30. The molecule has 2 saturated heterocycles. The van der Waals surface area contributed by atoms with E-state index in [1.165, 1.54) is 5.56 Å². The van der Waals surface area contributed by atoms with Crippen LogP contribution >= 0.6 is 0 Å². The van der Waals surface area contributed by atoms with Gasteiger partial charge >= 0.3 is 0 Å². The molecular weight excluding hydrogens is 318 g/mol. The van der Waals surface area contributed by atoms with Crippen molar-refractivity contribution in [1.29, 1.82) is 0 Å². The second kappa shape index (κ2) is 8.45. The second-order valence-electron chi connectivity index (χ2n) is 7.00. The number of hydrogen-bond acceptors (Lipinski definition) is 4. The first-order chi connectivity index (χ1) is 12.1. The highest BCUT2D eigenvalue weighted by molar-refractivity contribution is 5.80. The van der Waals surface area contributed by atoms with Crippen molar-refractivity contribution in [2.75, 3.05) is 32.8 Å². The third-order valence-corrected chi connectivity index (χ3v) is 5.05. The molecule has 2 amide bonds. The predicted molar refractivity (Wildman–Crippen MR) is 94.6 cm³/mol. The zero-order valence-corrected chi connectivity index (χ0v) is 14.6. The first kappa shape index (κ1) is 17.9. The van der Waals surface area contributed by atoms with Crippen LogP contribution < -0.4 is 5.73 Å². The summed E-state index contributed by atoms with van der Waals surface area (Å²) < 4.78 is 5.80. The van der Waals surface area contributed by atoms with E-state index in [1.54, 1.807) is 4.90 Å². The lowest BCUT2D eigenvalue weighted by Gasteiger charge is -2.35. The molecule has 2 aliphatic heterocycles. The Labute approximate surface area is 148 Å². The van der Waals surface area contributed by atoms with Gasteiger partial charge in [-0.25, -0.2) is 0 Å². The van der Waals surface area contributed by atoms with Gasteiger partial charge in [0.25, 0.3) is 0 Å². The average Bonchev–Trinajstić information content (AvgIpc) is 2.63. The van der Waals surface area contributed by atoms with Crippen molar-refractivity contribution in [3.05, 3.63) is 35.9 Å². The summed E-state index contributed by atoms with van der Waals surface area (Å²) in [6, 6.07) is 10.3. The number of rotatable bonds is 5. The number of primary amides is 1. The third-order valence-electron chi connectivity index (χ3n) is 5.05. The topological polar surface area (TPSA) is 75.9 Å². The lowest BCUT2D eigenvalue weighted by atomic mass is 9.97. The van der Waals surface area contributed by atoms with Crippen molar-refractivity contribution >= 4 is 11.8 Å². The van der Waals surface area contributed by atoms with Crippen molar-refractivity contribution < 1.29 is 14.3 Å². The summed E-state index contributed by atoms with van der Waals surface area (Å²) >= 11 is 0. The zero-order chi connectivity index (χ0) is 17.6. The van der Waals surface area contributed by atoms with E-state index >= 15 is 0 Å².